The van der Waals surface area contributed by atoms with Gasteiger partial charge < -0.3 is 19.6 Å². The Hall–Kier alpha value is -2.73. The van der Waals surface area contributed by atoms with E-state index >= 15 is 0 Å². The molecule has 2 atom stereocenters. The van der Waals surface area contributed by atoms with Crippen LogP contribution in [0.25, 0.3) is 16.9 Å². The summed E-state index contributed by atoms with van der Waals surface area (Å²) in [5.41, 5.74) is 11.8. The molecule has 1 saturated carbocycles. The zero-order valence-electron chi connectivity index (χ0n) is 19.8. The summed E-state index contributed by atoms with van der Waals surface area (Å²) in [6.07, 6.45) is 5.81. The van der Waals surface area contributed by atoms with Gasteiger partial charge in [-0.1, -0.05) is 20.8 Å². The molecule has 3 heterocycles. The van der Waals surface area contributed by atoms with E-state index in [0.717, 1.165) is 35.7 Å². The predicted octanol–water partition coefficient (Wildman–Crippen LogP) is 5.00. The maximum Gasteiger partial charge on any atom is 0.161 e. The highest BCUT2D eigenvalue weighted by Crippen LogP contribution is 2.53. The summed E-state index contributed by atoms with van der Waals surface area (Å²) in [6, 6.07) is 10.5. The lowest BCUT2D eigenvalue weighted by Gasteiger charge is -2.40. The van der Waals surface area contributed by atoms with E-state index in [4.69, 9.17) is 20.2 Å². The lowest BCUT2D eigenvalue weighted by atomic mass is 9.65. The summed E-state index contributed by atoms with van der Waals surface area (Å²) in [5.74, 6) is 1.42. The Morgan fingerprint density at radius 3 is 2.59 bits per heavy atom. The number of benzene rings is 1. The summed E-state index contributed by atoms with van der Waals surface area (Å²) in [4.78, 5) is 7.69. The number of anilines is 1. The lowest BCUT2D eigenvalue weighted by Crippen LogP contribution is -2.34. The van der Waals surface area contributed by atoms with E-state index in [1.165, 1.54) is 25.0 Å². The van der Waals surface area contributed by atoms with Crippen molar-refractivity contribution in [2.45, 2.75) is 52.6 Å². The van der Waals surface area contributed by atoms with Gasteiger partial charge >= 0.3 is 0 Å². The average Bonchev–Trinajstić information content (AvgIpc) is 3.20. The molecule has 0 spiro atoms. The molecular formula is C26H34N4O2. The number of nitrogens with two attached hydrogens (primary N) is 1. The fraction of sp³-hybridized carbons (Fsp3) is 0.500. The largest absolute Gasteiger partial charge is 0.493 e. The second-order valence-corrected chi connectivity index (χ2v) is 10.8. The van der Waals surface area contributed by atoms with E-state index < -0.39 is 0 Å². The molecule has 1 saturated heterocycles. The zero-order chi connectivity index (χ0) is 22.7. The van der Waals surface area contributed by atoms with Gasteiger partial charge in [0.25, 0.3) is 0 Å². The first-order valence-electron chi connectivity index (χ1n) is 11.4. The Kier molecular flexibility index (Phi) is 4.89. The van der Waals surface area contributed by atoms with Crippen LogP contribution >= 0.6 is 0 Å². The topological polar surface area (TPSA) is 65.0 Å². The normalized spacial score (nSPS) is 24.7. The average molecular weight is 435 g/mol. The standard InChI is InChI=1S/C26H34N4O2/c1-25(2)11-19-12-26(3,15-25)16-29(19)14-20-24(28-23-9-7-18(27)13-30(20)23)17-6-8-21(31-4)22(10-17)32-5/h6-10,13,19H,11-12,14-16,27H2,1-5H3. The third kappa shape index (κ3) is 3.60. The van der Waals surface area contributed by atoms with Crippen molar-refractivity contribution >= 4 is 11.3 Å². The number of hydrogen-bond donors (Lipinski definition) is 1. The van der Waals surface area contributed by atoms with Crippen LogP contribution in [0.15, 0.2) is 36.5 Å². The molecule has 2 fully saturated rings. The van der Waals surface area contributed by atoms with Crippen molar-refractivity contribution in [3.8, 4) is 22.8 Å². The van der Waals surface area contributed by atoms with E-state index in [-0.39, 0.29) is 0 Å². The van der Waals surface area contributed by atoms with Gasteiger partial charge in [0.05, 0.1) is 25.6 Å². The van der Waals surface area contributed by atoms with Crippen molar-refractivity contribution in [3.63, 3.8) is 0 Å². The molecule has 2 N–H and O–H groups in total. The van der Waals surface area contributed by atoms with Crippen LogP contribution in [0.5, 0.6) is 11.5 Å². The van der Waals surface area contributed by atoms with Gasteiger partial charge in [0, 0.05) is 36.6 Å². The first-order chi connectivity index (χ1) is 15.2. The van der Waals surface area contributed by atoms with Crippen molar-refractivity contribution in [2.24, 2.45) is 10.8 Å². The molecule has 1 aliphatic carbocycles. The number of likely N-dealkylation sites (tertiary alicyclic amines) is 1. The Balaban J connectivity index is 1.59. The van der Waals surface area contributed by atoms with Gasteiger partial charge in [-0.25, -0.2) is 4.98 Å². The Morgan fingerprint density at radius 1 is 1.06 bits per heavy atom. The van der Waals surface area contributed by atoms with Crippen LogP contribution in [0.3, 0.4) is 0 Å². The number of fused-ring (bicyclic) bond motifs is 3. The van der Waals surface area contributed by atoms with Gasteiger partial charge in [0.15, 0.2) is 11.5 Å². The molecule has 3 aromatic rings. The van der Waals surface area contributed by atoms with Gasteiger partial charge in [0.2, 0.25) is 0 Å². The Bertz CT molecular complexity index is 1170. The number of imidazole rings is 1. The molecule has 2 unspecified atom stereocenters. The van der Waals surface area contributed by atoms with Gasteiger partial charge in [-0.15, -0.1) is 0 Å². The molecule has 6 nitrogen and oxygen atoms in total. The smallest absolute Gasteiger partial charge is 0.161 e. The van der Waals surface area contributed by atoms with Crippen LogP contribution in [0, 0.1) is 10.8 Å². The number of hydrogen-bond acceptors (Lipinski definition) is 5. The molecule has 5 rings (SSSR count). The van der Waals surface area contributed by atoms with E-state index in [0.29, 0.717) is 28.4 Å². The second kappa shape index (κ2) is 7.41. The molecule has 2 bridgehead atoms. The summed E-state index contributed by atoms with van der Waals surface area (Å²) < 4.78 is 13.2. The number of nitrogen functional groups attached to an aromatic ring is 1. The maximum atomic E-state index is 6.18. The van der Waals surface area contributed by atoms with Crippen molar-refractivity contribution < 1.29 is 9.47 Å². The first kappa shape index (κ1) is 21.1. The Labute approximate surface area is 190 Å². The third-order valence-corrected chi connectivity index (χ3v) is 7.27. The minimum absolute atomic E-state index is 0.384. The lowest BCUT2D eigenvalue weighted by molar-refractivity contribution is 0.126. The molecule has 32 heavy (non-hydrogen) atoms. The van der Waals surface area contributed by atoms with E-state index in [1.54, 1.807) is 14.2 Å². The van der Waals surface area contributed by atoms with Crippen LogP contribution < -0.4 is 15.2 Å². The van der Waals surface area contributed by atoms with Gasteiger partial charge in [-0.3, -0.25) is 4.90 Å². The van der Waals surface area contributed by atoms with Crippen molar-refractivity contribution in [1.82, 2.24) is 14.3 Å². The molecule has 1 aromatic carbocycles. The second-order valence-electron chi connectivity index (χ2n) is 10.8. The first-order valence-corrected chi connectivity index (χ1v) is 11.4. The van der Waals surface area contributed by atoms with E-state index in [9.17, 15) is 0 Å². The highest BCUT2D eigenvalue weighted by atomic mass is 16.5. The van der Waals surface area contributed by atoms with E-state index in [2.05, 4.69) is 36.1 Å². The molecular weight excluding hydrogens is 400 g/mol. The summed E-state index contributed by atoms with van der Waals surface area (Å²) in [5, 5.41) is 0. The fourth-order valence-electron chi connectivity index (χ4n) is 6.43. The summed E-state index contributed by atoms with van der Waals surface area (Å²) in [6.45, 7) is 9.28. The number of aromatic nitrogens is 2. The minimum Gasteiger partial charge on any atom is -0.493 e. The van der Waals surface area contributed by atoms with Crippen LogP contribution in [0.1, 0.15) is 45.7 Å². The van der Waals surface area contributed by atoms with Gasteiger partial charge in [-0.2, -0.15) is 0 Å². The monoisotopic (exact) mass is 434 g/mol. The van der Waals surface area contributed by atoms with Crippen LogP contribution in [0.4, 0.5) is 5.69 Å². The van der Waals surface area contributed by atoms with Crippen LogP contribution in [0.2, 0.25) is 0 Å². The summed E-state index contributed by atoms with van der Waals surface area (Å²) >= 11 is 0. The number of nitrogens with zero attached hydrogens (tertiary/aromatic N) is 3. The summed E-state index contributed by atoms with van der Waals surface area (Å²) in [7, 11) is 3.32. The van der Waals surface area contributed by atoms with Crippen molar-refractivity contribution in [3.05, 3.63) is 42.2 Å². The highest BCUT2D eigenvalue weighted by Gasteiger charge is 2.49. The van der Waals surface area contributed by atoms with Crippen molar-refractivity contribution in [2.75, 3.05) is 26.5 Å². The molecule has 2 aromatic heterocycles. The van der Waals surface area contributed by atoms with Crippen LogP contribution in [-0.2, 0) is 6.54 Å². The molecule has 0 radical (unpaired) electrons. The molecule has 170 valence electrons. The number of ether oxygens (including phenoxy) is 2. The molecule has 1 aliphatic heterocycles. The maximum absolute atomic E-state index is 6.18. The predicted molar refractivity (Wildman–Crippen MR) is 128 cm³/mol. The highest BCUT2D eigenvalue weighted by molar-refractivity contribution is 5.70. The Morgan fingerprint density at radius 2 is 1.84 bits per heavy atom. The van der Waals surface area contributed by atoms with Crippen LogP contribution in [-0.4, -0.2) is 41.1 Å². The van der Waals surface area contributed by atoms with E-state index in [1.807, 2.05) is 30.5 Å². The number of rotatable bonds is 5. The number of methoxy groups -OCH3 is 2. The molecule has 0 amide bonds. The third-order valence-electron chi connectivity index (χ3n) is 7.27. The minimum atomic E-state index is 0.384. The zero-order valence-corrected chi connectivity index (χ0v) is 19.8. The molecule has 6 heteroatoms. The number of pyridine rings is 1. The van der Waals surface area contributed by atoms with Crippen molar-refractivity contribution in [1.29, 1.82) is 0 Å². The quantitative estimate of drug-likeness (QED) is 0.612. The fourth-order valence-corrected chi connectivity index (χ4v) is 6.43. The molecule has 2 aliphatic rings. The van der Waals surface area contributed by atoms with Gasteiger partial charge in [-0.05, 0) is 60.4 Å². The van der Waals surface area contributed by atoms with Gasteiger partial charge in [0.1, 0.15) is 5.65 Å². The SMILES string of the molecule is COc1ccc(-c2nc3ccc(N)cn3c2CN2CC3(C)CC2CC(C)(C)C3)cc1OC.